The molecule has 3 rings (SSSR count). The van der Waals surface area contributed by atoms with Gasteiger partial charge in [0.25, 0.3) is 0 Å². The molecule has 3 heterocycles. The molecule has 0 aromatic rings. The van der Waals surface area contributed by atoms with Crippen LogP contribution in [0.5, 0.6) is 0 Å². The molecule has 0 aliphatic carbocycles. The van der Waals surface area contributed by atoms with E-state index in [9.17, 15) is 9.59 Å². The molecule has 0 unspecified atom stereocenters. The Hall–Kier alpha value is -1.14. The smallest absolute Gasteiger partial charge is 0.236 e. The minimum atomic E-state index is 0.254. The topological polar surface area (TPSA) is 47.1 Å². The van der Waals surface area contributed by atoms with Gasteiger partial charge in [-0.1, -0.05) is 0 Å². The zero-order chi connectivity index (χ0) is 18.0. The third kappa shape index (κ3) is 4.17. The highest BCUT2D eigenvalue weighted by atomic mass is 16.2. The Labute approximate surface area is 152 Å². The van der Waals surface area contributed by atoms with E-state index in [1.165, 1.54) is 0 Å². The van der Waals surface area contributed by atoms with Crippen LogP contribution in [0.15, 0.2) is 0 Å². The van der Waals surface area contributed by atoms with Crippen molar-refractivity contribution in [2.75, 3.05) is 59.9 Å². The second-order valence-electron chi connectivity index (χ2n) is 8.43. The molecule has 0 bridgehead atoms. The Bertz CT molecular complexity index is 500. The molecule has 0 radical (unpaired) electrons. The van der Waals surface area contributed by atoms with Gasteiger partial charge in [0.1, 0.15) is 0 Å². The molecular weight excluding hydrogens is 316 g/mol. The first-order chi connectivity index (χ1) is 11.9. The van der Waals surface area contributed by atoms with Crippen LogP contribution in [0.3, 0.4) is 0 Å². The lowest BCUT2D eigenvalue weighted by Gasteiger charge is -2.47. The van der Waals surface area contributed by atoms with E-state index >= 15 is 0 Å². The normalized spacial score (nSPS) is 27.5. The molecule has 0 aromatic carbocycles. The van der Waals surface area contributed by atoms with Gasteiger partial charge in [-0.15, -0.1) is 0 Å². The number of likely N-dealkylation sites (N-methyl/N-ethyl adjacent to an activating group) is 1. The summed E-state index contributed by atoms with van der Waals surface area (Å²) in [6.07, 6.45) is 4.93. The Morgan fingerprint density at radius 1 is 1.20 bits per heavy atom. The Kier molecular flexibility index (Phi) is 5.68. The maximum atomic E-state index is 12.7. The van der Waals surface area contributed by atoms with Crippen LogP contribution in [0.4, 0.5) is 0 Å². The van der Waals surface area contributed by atoms with Crippen LogP contribution in [0, 0.1) is 5.41 Å². The van der Waals surface area contributed by atoms with Gasteiger partial charge in [0, 0.05) is 51.7 Å². The number of rotatable bonds is 4. The van der Waals surface area contributed by atoms with Crippen molar-refractivity contribution in [2.45, 2.75) is 45.1 Å². The van der Waals surface area contributed by atoms with Crippen molar-refractivity contribution in [1.82, 2.24) is 19.6 Å². The lowest BCUT2D eigenvalue weighted by Crippen LogP contribution is -2.53. The standard InChI is InChI=1S/C19H34N4O2/c1-4-22-15-19(7-5-17(22)24)8-11-23(12-9-19)18(25)14-21-10-6-16(13-21)20(2)3/h16H,4-15H2,1-3H3/t16-/m0/s1. The number of amides is 2. The van der Waals surface area contributed by atoms with E-state index in [0.29, 0.717) is 24.9 Å². The van der Waals surface area contributed by atoms with Gasteiger partial charge in [0.05, 0.1) is 6.54 Å². The van der Waals surface area contributed by atoms with Crippen LogP contribution in [0.2, 0.25) is 0 Å². The molecule has 1 spiro atoms. The third-order valence-corrected chi connectivity index (χ3v) is 6.64. The number of likely N-dealkylation sites (tertiary alicyclic amines) is 3. The molecule has 6 nitrogen and oxygen atoms in total. The zero-order valence-electron chi connectivity index (χ0n) is 16.2. The number of nitrogens with zero attached hydrogens (tertiary/aromatic N) is 4. The molecule has 3 aliphatic rings. The molecule has 2 amide bonds. The van der Waals surface area contributed by atoms with Gasteiger partial charge < -0.3 is 14.7 Å². The first-order valence-electron chi connectivity index (χ1n) is 9.87. The summed E-state index contributed by atoms with van der Waals surface area (Å²) in [5.41, 5.74) is 0.254. The molecule has 1 atom stereocenters. The van der Waals surface area contributed by atoms with E-state index in [0.717, 1.165) is 65.0 Å². The van der Waals surface area contributed by atoms with Crippen molar-refractivity contribution < 1.29 is 9.59 Å². The van der Waals surface area contributed by atoms with Crippen LogP contribution in [0.25, 0.3) is 0 Å². The molecule has 0 aromatic heterocycles. The van der Waals surface area contributed by atoms with Crippen LogP contribution < -0.4 is 0 Å². The first kappa shape index (κ1) is 18.6. The summed E-state index contributed by atoms with van der Waals surface area (Å²) in [6.45, 7) is 8.07. The number of hydrogen-bond acceptors (Lipinski definition) is 4. The van der Waals surface area contributed by atoms with Crippen LogP contribution in [-0.2, 0) is 9.59 Å². The fourth-order valence-electron chi connectivity index (χ4n) is 4.70. The van der Waals surface area contributed by atoms with Gasteiger partial charge in [-0.2, -0.15) is 0 Å². The van der Waals surface area contributed by atoms with E-state index in [-0.39, 0.29) is 11.3 Å². The lowest BCUT2D eigenvalue weighted by molar-refractivity contribution is -0.142. The van der Waals surface area contributed by atoms with E-state index in [1.807, 2.05) is 4.90 Å². The lowest BCUT2D eigenvalue weighted by atomic mass is 9.72. The average Bonchev–Trinajstić information content (AvgIpc) is 3.06. The highest BCUT2D eigenvalue weighted by molar-refractivity contribution is 5.79. The Morgan fingerprint density at radius 3 is 2.52 bits per heavy atom. The fraction of sp³-hybridized carbons (Fsp3) is 0.895. The number of piperidine rings is 2. The molecule has 25 heavy (non-hydrogen) atoms. The van der Waals surface area contributed by atoms with E-state index in [4.69, 9.17) is 0 Å². The first-order valence-corrected chi connectivity index (χ1v) is 9.87. The SMILES string of the molecule is CCN1CC2(CCC1=O)CCN(C(=O)CN1CC[C@H](N(C)C)C1)CC2. The Balaban J connectivity index is 1.47. The van der Waals surface area contributed by atoms with Gasteiger partial charge in [-0.25, -0.2) is 0 Å². The quantitative estimate of drug-likeness (QED) is 0.755. The summed E-state index contributed by atoms with van der Waals surface area (Å²) in [7, 11) is 4.24. The summed E-state index contributed by atoms with van der Waals surface area (Å²) in [5.74, 6) is 0.588. The average molecular weight is 351 g/mol. The maximum absolute atomic E-state index is 12.7. The Morgan fingerprint density at radius 2 is 1.92 bits per heavy atom. The molecular formula is C19H34N4O2. The van der Waals surface area contributed by atoms with Crippen molar-refractivity contribution in [1.29, 1.82) is 0 Å². The predicted molar refractivity (Wildman–Crippen MR) is 98.3 cm³/mol. The maximum Gasteiger partial charge on any atom is 0.236 e. The van der Waals surface area contributed by atoms with E-state index in [2.05, 4.69) is 35.7 Å². The highest BCUT2D eigenvalue weighted by Crippen LogP contribution is 2.40. The molecule has 3 aliphatic heterocycles. The van der Waals surface area contributed by atoms with Gasteiger partial charge in [-0.3, -0.25) is 14.5 Å². The largest absolute Gasteiger partial charge is 0.342 e. The summed E-state index contributed by atoms with van der Waals surface area (Å²) in [6, 6.07) is 0.581. The molecule has 0 saturated carbocycles. The fourth-order valence-corrected chi connectivity index (χ4v) is 4.70. The summed E-state index contributed by atoms with van der Waals surface area (Å²) in [4.78, 5) is 33.3. The second-order valence-corrected chi connectivity index (χ2v) is 8.43. The minimum Gasteiger partial charge on any atom is -0.342 e. The highest BCUT2D eigenvalue weighted by Gasteiger charge is 2.41. The summed E-state index contributed by atoms with van der Waals surface area (Å²) < 4.78 is 0. The van der Waals surface area contributed by atoms with Crippen LogP contribution in [-0.4, -0.2) is 97.4 Å². The third-order valence-electron chi connectivity index (χ3n) is 6.64. The second kappa shape index (κ2) is 7.62. The summed E-state index contributed by atoms with van der Waals surface area (Å²) >= 11 is 0. The van der Waals surface area contributed by atoms with Gasteiger partial charge in [0.2, 0.25) is 11.8 Å². The minimum absolute atomic E-state index is 0.254. The van der Waals surface area contributed by atoms with Gasteiger partial charge >= 0.3 is 0 Å². The number of hydrogen-bond donors (Lipinski definition) is 0. The molecule has 3 fully saturated rings. The van der Waals surface area contributed by atoms with Crippen molar-refractivity contribution >= 4 is 11.8 Å². The van der Waals surface area contributed by atoms with Crippen LogP contribution >= 0.6 is 0 Å². The molecule has 3 saturated heterocycles. The van der Waals surface area contributed by atoms with Crippen molar-refractivity contribution in [3.63, 3.8) is 0 Å². The van der Waals surface area contributed by atoms with Crippen molar-refractivity contribution in [3.8, 4) is 0 Å². The van der Waals surface area contributed by atoms with Crippen molar-refractivity contribution in [3.05, 3.63) is 0 Å². The number of carbonyl (C=O) groups excluding carboxylic acids is 2. The van der Waals surface area contributed by atoms with Crippen LogP contribution in [0.1, 0.15) is 39.0 Å². The van der Waals surface area contributed by atoms with Gasteiger partial charge in [-0.05, 0) is 52.1 Å². The zero-order valence-corrected chi connectivity index (χ0v) is 16.2. The monoisotopic (exact) mass is 350 g/mol. The van der Waals surface area contributed by atoms with Gasteiger partial charge in [0.15, 0.2) is 0 Å². The predicted octanol–water partition coefficient (Wildman–Crippen LogP) is 0.873. The number of carbonyl (C=O) groups is 2. The van der Waals surface area contributed by atoms with E-state index < -0.39 is 0 Å². The molecule has 142 valence electrons. The summed E-state index contributed by atoms with van der Waals surface area (Å²) in [5, 5.41) is 0. The molecule has 6 heteroatoms. The van der Waals surface area contributed by atoms with E-state index in [1.54, 1.807) is 0 Å². The van der Waals surface area contributed by atoms with Crippen molar-refractivity contribution in [2.24, 2.45) is 5.41 Å². The molecule has 0 N–H and O–H groups in total.